The van der Waals surface area contributed by atoms with Crippen molar-refractivity contribution < 1.29 is 9.53 Å². The number of nitriles is 1. The highest BCUT2D eigenvalue weighted by Gasteiger charge is 2.09. The van der Waals surface area contributed by atoms with E-state index in [1.165, 1.54) is 0 Å². The topological polar surface area (TPSA) is 77.9 Å². The fourth-order valence-corrected chi connectivity index (χ4v) is 2.98. The number of aromatic nitrogens is 1. The summed E-state index contributed by atoms with van der Waals surface area (Å²) >= 11 is 0. The predicted octanol–water partition coefficient (Wildman–Crippen LogP) is 4.87. The number of benzene rings is 3. The van der Waals surface area contributed by atoms with Gasteiger partial charge in [0.05, 0.1) is 11.6 Å². The number of anilines is 1. The summed E-state index contributed by atoms with van der Waals surface area (Å²) in [5, 5.41) is 13.1. The Labute approximate surface area is 162 Å². The van der Waals surface area contributed by atoms with E-state index < -0.39 is 0 Å². The van der Waals surface area contributed by atoms with E-state index >= 15 is 0 Å². The van der Waals surface area contributed by atoms with Gasteiger partial charge in [-0.3, -0.25) is 4.79 Å². The number of hydrogen-bond donors (Lipinski definition) is 2. The molecule has 0 aliphatic carbocycles. The molecule has 4 aromatic rings. The molecule has 0 spiro atoms. The van der Waals surface area contributed by atoms with Gasteiger partial charge in [0.1, 0.15) is 12.4 Å². The van der Waals surface area contributed by atoms with Crippen LogP contribution >= 0.6 is 0 Å². The average Bonchev–Trinajstić information content (AvgIpc) is 3.20. The molecule has 0 fully saturated rings. The van der Waals surface area contributed by atoms with Crippen molar-refractivity contribution in [2.75, 3.05) is 5.32 Å². The van der Waals surface area contributed by atoms with E-state index in [0.717, 1.165) is 22.2 Å². The second kappa shape index (κ2) is 7.68. The Hall–Kier alpha value is -4.04. The Balaban J connectivity index is 1.46. The zero-order chi connectivity index (χ0) is 19.3. The molecular weight excluding hydrogens is 350 g/mol. The highest BCUT2D eigenvalue weighted by molar-refractivity contribution is 6.05. The monoisotopic (exact) mass is 367 g/mol. The molecule has 0 unspecified atom stereocenters. The molecule has 0 atom stereocenters. The third-order valence-corrected chi connectivity index (χ3v) is 4.44. The number of hydrogen-bond acceptors (Lipinski definition) is 3. The maximum absolute atomic E-state index is 12.6. The quantitative estimate of drug-likeness (QED) is 0.528. The Bertz CT molecular complexity index is 1190. The van der Waals surface area contributed by atoms with Crippen LogP contribution in [0.2, 0.25) is 0 Å². The van der Waals surface area contributed by atoms with Crippen molar-refractivity contribution in [2.24, 2.45) is 0 Å². The van der Waals surface area contributed by atoms with E-state index in [9.17, 15) is 4.79 Å². The number of nitrogens with zero attached hydrogens (tertiary/aromatic N) is 1. The van der Waals surface area contributed by atoms with Gasteiger partial charge < -0.3 is 15.0 Å². The number of fused-ring (bicyclic) bond motifs is 1. The average molecular weight is 367 g/mol. The van der Waals surface area contributed by atoms with Crippen LogP contribution in [0.3, 0.4) is 0 Å². The molecule has 0 aliphatic rings. The summed E-state index contributed by atoms with van der Waals surface area (Å²) in [5.74, 6) is 0.360. The number of nitrogens with one attached hydrogen (secondary N) is 2. The van der Waals surface area contributed by atoms with Crippen LogP contribution in [0.4, 0.5) is 5.69 Å². The minimum absolute atomic E-state index is 0.210. The SMILES string of the molecule is N#Cc1ccccc1COc1cccc(C(=O)Nc2ccc3[nH]ccc3c2)c1. The molecule has 0 bridgehead atoms. The molecule has 1 amide bonds. The molecule has 0 saturated carbocycles. The number of rotatable bonds is 5. The zero-order valence-electron chi connectivity index (χ0n) is 15.0. The van der Waals surface area contributed by atoms with Crippen LogP contribution < -0.4 is 10.1 Å². The van der Waals surface area contributed by atoms with Gasteiger partial charge in [0.15, 0.2) is 0 Å². The van der Waals surface area contributed by atoms with Gasteiger partial charge >= 0.3 is 0 Å². The van der Waals surface area contributed by atoms with Crippen LogP contribution in [0.5, 0.6) is 5.75 Å². The third-order valence-electron chi connectivity index (χ3n) is 4.44. The highest BCUT2D eigenvalue weighted by atomic mass is 16.5. The lowest BCUT2D eigenvalue weighted by Gasteiger charge is -2.10. The summed E-state index contributed by atoms with van der Waals surface area (Å²) in [5.41, 5.74) is 3.63. The van der Waals surface area contributed by atoms with Crippen LogP contribution in [0.15, 0.2) is 79.0 Å². The number of aromatic amines is 1. The van der Waals surface area contributed by atoms with Crippen molar-refractivity contribution in [3.8, 4) is 11.8 Å². The van der Waals surface area contributed by atoms with E-state index in [1.54, 1.807) is 30.3 Å². The van der Waals surface area contributed by atoms with E-state index in [4.69, 9.17) is 10.00 Å². The van der Waals surface area contributed by atoms with Gasteiger partial charge in [-0.25, -0.2) is 0 Å². The minimum atomic E-state index is -0.210. The first-order chi connectivity index (χ1) is 13.7. The smallest absolute Gasteiger partial charge is 0.255 e. The molecule has 3 aromatic carbocycles. The van der Waals surface area contributed by atoms with Gasteiger partial charge in [-0.05, 0) is 48.5 Å². The van der Waals surface area contributed by atoms with Crippen LogP contribution in [0.1, 0.15) is 21.5 Å². The second-order valence-corrected chi connectivity index (χ2v) is 6.32. The maximum Gasteiger partial charge on any atom is 0.255 e. The lowest BCUT2D eigenvalue weighted by Crippen LogP contribution is -2.12. The van der Waals surface area contributed by atoms with E-state index in [-0.39, 0.29) is 12.5 Å². The molecule has 1 aromatic heterocycles. The molecule has 5 nitrogen and oxygen atoms in total. The standard InChI is InChI=1S/C23H17N3O2/c24-14-18-4-1-2-5-19(18)15-28-21-7-3-6-17(13-21)23(27)26-20-8-9-22-16(12-20)10-11-25-22/h1-13,25H,15H2,(H,26,27). The fourth-order valence-electron chi connectivity index (χ4n) is 2.98. The van der Waals surface area contributed by atoms with Gasteiger partial charge in [0.25, 0.3) is 5.91 Å². The first-order valence-corrected chi connectivity index (χ1v) is 8.82. The largest absolute Gasteiger partial charge is 0.489 e. The fraction of sp³-hybridized carbons (Fsp3) is 0.0435. The molecule has 28 heavy (non-hydrogen) atoms. The van der Waals surface area contributed by atoms with Gasteiger partial charge in [-0.15, -0.1) is 0 Å². The molecular formula is C23H17N3O2. The molecule has 2 N–H and O–H groups in total. The van der Waals surface area contributed by atoms with Crippen LogP contribution in [0.25, 0.3) is 10.9 Å². The lowest BCUT2D eigenvalue weighted by molar-refractivity contribution is 0.102. The van der Waals surface area contributed by atoms with Crippen molar-refractivity contribution in [1.82, 2.24) is 4.98 Å². The molecule has 1 heterocycles. The van der Waals surface area contributed by atoms with Gasteiger partial charge in [-0.2, -0.15) is 5.26 Å². The van der Waals surface area contributed by atoms with Gasteiger partial charge in [0.2, 0.25) is 0 Å². The number of ether oxygens (including phenoxy) is 1. The summed E-state index contributed by atoms with van der Waals surface area (Å²) in [6, 6.07) is 24.1. The molecule has 136 valence electrons. The Morgan fingerprint density at radius 3 is 2.82 bits per heavy atom. The molecule has 0 aliphatic heterocycles. The zero-order valence-corrected chi connectivity index (χ0v) is 15.0. The summed E-state index contributed by atoms with van der Waals surface area (Å²) in [4.78, 5) is 15.7. The number of carbonyl (C=O) groups excluding carboxylic acids is 1. The van der Waals surface area contributed by atoms with Crippen LogP contribution in [-0.2, 0) is 6.61 Å². The molecule has 4 rings (SSSR count). The highest BCUT2D eigenvalue weighted by Crippen LogP contribution is 2.20. The normalized spacial score (nSPS) is 10.4. The number of carbonyl (C=O) groups is 1. The summed E-state index contributed by atoms with van der Waals surface area (Å²) in [6.45, 7) is 0.263. The first-order valence-electron chi connectivity index (χ1n) is 8.82. The van der Waals surface area contributed by atoms with Crippen molar-refractivity contribution >= 4 is 22.5 Å². The molecule has 5 heteroatoms. The van der Waals surface area contributed by atoms with Crippen molar-refractivity contribution in [3.63, 3.8) is 0 Å². The second-order valence-electron chi connectivity index (χ2n) is 6.32. The van der Waals surface area contributed by atoms with Crippen molar-refractivity contribution in [2.45, 2.75) is 6.61 Å². The maximum atomic E-state index is 12.6. The lowest BCUT2D eigenvalue weighted by atomic mass is 10.1. The minimum Gasteiger partial charge on any atom is -0.489 e. The number of H-pyrrole nitrogens is 1. The molecule has 0 saturated heterocycles. The van der Waals surface area contributed by atoms with Crippen LogP contribution in [0, 0.1) is 11.3 Å². The Kier molecular flexibility index (Phi) is 4.77. The number of amides is 1. The van der Waals surface area contributed by atoms with E-state index in [0.29, 0.717) is 16.9 Å². The van der Waals surface area contributed by atoms with E-state index in [1.807, 2.05) is 48.7 Å². The Morgan fingerprint density at radius 1 is 1.04 bits per heavy atom. The van der Waals surface area contributed by atoms with Crippen molar-refractivity contribution in [1.29, 1.82) is 5.26 Å². The van der Waals surface area contributed by atoms with Gasteiger partial charge in [0, 0.05) is 33.9 Å². The summed E-state index contributed by atoms with van der Waals surface area (Å²) < 4.78 is 5.79. The Morgan fingerprint density at radius 2 is 1.93 bits per heavy atom. The first kappa shape index (κ1) is 17.4. The van der Waals surface area contributed by atoms with Crippen LogP contribution in [-0.4, -0.2) is 10.9 Å². The molecule has 0 radical (unpaired) electrons. The summed E-state index contributed by atoms with van der Waals surface area (Å²) in [7, 11) is 0. The predicted molar refractivity (Wildman–Crippen MR) is 108 cm³/mol. The third kappa shape index (κ3) is 3.71. The van der Waals surface area contributed by atoms with Gasteiger partial charge in [-0.1, -0.05) is 24.3 Å². The summed E-state index contributed by atoms with van der Waals surface area (Å²) in [6.07, 6.45) is 1.86. The van der Waals surface area contributed by atoms with E-state index in [2.05, 4.69) is 16.4 Å². The van der Waals surface area contributed by atoms with Crippen molar-refractivity contribution in [3.05, 3.63) is 95.7 Å².